The second-order valence-corrected chi connectivity index (χ2v) is 6.47. The molecule has 1 aliphatic rings. The lowest BCUT2D eigenvalue weighted by molar-refractivity contribution is 0.214. The van der Waals surface area contributed by atoms with E-state index in [9.17, 15) is 0 Å². The normalized spacial score (nSPS) is 19.6. The molecule has 1 aliphatic heterocycles. The van der Waals surface area contributed by atoms with Crippen molar-refractivity contribution in [3.8, 4) is 10.7 Å². The second kappa shape index (κ2) is 7.11. The number of thiazole rings is 1. The third-order valence-electron chi connectivity index (χ3n) is 4.02. The third-order valence-corrected chi connectivity index (χ3v) is 4.93. The Balaban J connectivity index is 1.64. The maximum Gasteiger partial charge on any atom is 0.142 e. The van der Waals surface area contributed by atoms with Crippen molar-refractivity contribution in [3.63, 3.8) is 0 Å². The van der Waals surface area contributed by atoms with E-state index in [1.165, 1.54) is 19.3 Å². The predicted octanol–water partition coefficient (Wildman–Crippen LogP) is 2.78. The van der Waals surface area contributed by atoms with Gasteiger partial charge in [-0.3, -0.25) is 9.88 Å². The molecule has 0 bridgehead atoms. The summed E-state index contributed by atoms with van der Waals surface area (Å²) in [7, 11) is 2.22. The van der Waals surface area contributed by atoms with Gasteiger partial charge in [0.25, 0.3) is 0 Å². The second-order valence-electron chi connectivity index (χ2n) is 5.61. The Morgan fingerprint density at radius 1 is 1.33 bits per heavy atom. The summed E-state index contributed by atoms with van der Waals surface area (Å²) in [6.07, 6.45) is 5.60. The van der Waals surface area contributed by atoms with Crippen LogP contribution in [-0.2, 0) is 6.54 Å². The largest absolute Gasteiger partial charge is 0.317 e. The zero-order valence-electron chi connectivity index (χ0n) is 12.5. The van der Waals surface area contributed by atoms with E-state index in [-0.39, 0.29) is 0 Å². The van der Waals surface area contributed by atoms with Crippen LogP contribution in [0.15, 0.2) is 29.8 Å². The first-order valence-corrected chi connectivity index (χ1v) is 8.47. The summed E-state index contributed by atoms with van der Waals surface area (Å²) >= 11 is 1.68. The Morgan fingerprint density at radius 2 is 2.29 bits per heavy atom. The summed E-state index contributed by atoms with van der Waals surface area (Å²) in [5, 5.41) is 6.65. The van der Waals surface area contributed by atoms with E-state index in [2.05, 4.69) is 27.6 Å². The molecule has 1 atom stereocenters. The molecule has 3 heterocycles. The molecule has 4 nitrogen and oxygen atoms in total. The first-order valence-electron chi connectivity index (χ1n) is 7.59. The number of aromatic nitrogens is 2. The molecule has 2 aromatic rings. The lowest BCUT2D eigenvalue weighted by Crippen LogP contribution is -2.32. The highest BCUT2D eigenvalue weighted by molar-refractivity contribution is 7.13. The van der Waals surface area contributed by atoms with Gasteiger partial charge in [-0.05, 0) is 51.5 Å². The molecule has 3 rings (SSSR count). The van der Waals surface area contributed by atoms with Crippen molar-refractivity contribution in [2.45, 2.75) is 31.8 Å². The Kier molecular flexibility index (Phi) is 4.95. The van der Waals surface area contributed by atoms with Crippen LogP contribution < -0.4 is 5.32 Å². The van der Waals surface area contributed by atoms with E-state index in [0.29, 0.717) is 6.04 Å². The average Bonchev–Trinajstić information content (AvgIpc) is 2.81. The molecule has 0 saturated carbocycles. The van der Waals surface area contributed by atoms with Crippen molar-refractivity contribution < 1.29 is 0 Å². The highest BCUT2D eigenvalue weighted by Crippen LogP contribution is 2.23. The van der Waals surface area contributed by atoms with Crippen molar-refractivity contribution in [2.75, 3.05) is 20.1 Å². The maximum atomic E-state index is 4.74. The summed E-state index contributed by atoms with van der Waals surface area (Å²) in [4.78, 5) is 11.6. The summed E-state index contributed by atoms with van der Waals surface area (Å²) in [5.41, 5.74) is 2.12. The van der Waals surface area contributed by atoms with Gasteiger partial charge in [0.05, 0.1) is 11.4 Å². The van der Waals surface area contributed by atoms with Crippen molar-refractivity contribution in [1.82, 2.24) is 20.2 Å². The lowest BCUT2D eigenvalue weighted by atomic mass is 10.1. The third kappa shape index (κ3) is 3.87. The van der Waals surface area contributed by atoms with Crippen LogP contribution >= 0.6 is 11.3 Å². The van der Waals surface area contributed by atoms with E-state index in [1.54, 1.807) is 11.3 Å². The van der Waals surface area contributed by atoms with Gasteiger partial charge in [0.2, 0.25) is 0 Å². The topological polar surface area (TPSA) is 41.1 Å². The highest BCUT2D eigenvalue weighted by Gasteiger charge is 2.17. The van der Waals surface area contributed by atoms with Crippen LogP contribution in [0.25, 0.3) is 10.7 Å². The van der Waals surface area contributed by atoms with Crippen LogP contribution in [0.4, 0.5) is 0 Å². The number of nitrogens with one attached hydrogen (secondary N) is 1. The van der Waals surface area contributed by atoms with Gasteiger partial charge in [-0.2, -0.15) is 0 Å². The van der Waals surface area contributed by atoms with Gasteiger partial charge in [-0.25, -0.2) is 4.98 Å². The monoisotopic (exact) mass is 302 g/mol. The molecule has 0 spiro atoms. The quantitative estimate of drug-likeness (QED) is 0.943. The fourth-order valence-corrected chi connectivity index (χ4v) is 3.60. The molecule has 5 heteroatoms. The van der Waals surface area contributed by atoms with Gasteiger partial charge in [0.1, 0.15) is 5.01 Å². The van der Waals surface area contributed by atoms with Crippen LogP contribution in [0.3, 0.4) is 0 Å². The SMILES string of the molecule is CN(Cc1csc(-c2ccccn2)n1)C1CCCNCC1. The van der Waals surface area contributed by atoms with E-state index in [0.717, 1.165) is 36.0 Å². The van der Waals surface area contributed by atoms with Gasteiger partial charge in [0, 0.05) is 24.2 Å². The molecule has 21 heavy (non-hydrogen) atoms. The van der Waals surface area contributed by atoms with E-state index >= 15 is 0 Å². The van der Waals surface area contributed by atoms with Gasteiger partial charge >= 0.3 is 0 Å². The molecule has 1 unspecified atom stereocenters. The van der Waals surface area contributed by atoms with Crippen LogP contribution in [0.5, 0.6) is 0 Å². The molecule has 2 aromatic heterocycles. The molecule has 0 aliphatic carbocycles. The summed E-state index contributed by atoms with van der Waals surface area (Å²) < 4.78 is 0. The zero-order chi connectivity index (χ0) is 14.5. The Hall–Kier alpha value is -1.30. The highest BCUT2D eigenvalue weighted by atomic mass is 32.1. The summed E-state index contributed by atoms with van der Waals surface area (Å²) in [5.74, 6) is 0. The first kappa shape index (κ1) is 14.6. The predicted molar refractivity (Wildman–Crippen MR) is 87.3 cm³/mol. The maximum absolute atomic E-state index is 4.74. The van der Waals surface area contributed by atoms with E-state index in [1.807, 2.05) is 24.4 Å². The molecule has 112 valence electrons. The number of hydrogen-bond donors (Lipinski definition) is 1. The first-order chi connectivity index (χ1) is 10.3. The summed E-state index contributed by atoms with van der Waals surface area (Å²) in [6.45, 7) is 3.21. The van der Waals surface area contributed by atoms with Crippen molar-refractivity contribution in [2.24, 2.45) is 0 Å². The van der Waals surface area contributed by atoms with E-state index in [4.69, 9.17) is 4.98 Å². The van der Waals surface area contributed by atoms with Crippen molar-refractivity contribution in [1.29, 1.82) is 0 Å². The molecule has 0 aromatic carbocycles. The molecule has 1 N–H and O–H groups in total. The molecular weight excluding hydrogens is 280 g/mol. The van der Waals surface area contributed by atoms with Crippen molar-refractivity contribution >= 4 is 11.3 Å². The van der Waals surface area contributed by atoms with E-state index < -0.39 is 0 Å². The Labute approximate surface area is 130 Å². The Bertz CT molecular complexity index is 546. The number of hydrogen-bond acceptors (Lipinski definition) is 5. The smallest absolute Gasteiger partial charge is 0.142 e. The number of pyridine rings is 1. The lowest BCUT2D eigenvalue weighted by Gasteiger charge is -2.25. The molecular formula is C16H22N4S. The fourth-order valence-electron chi connectivity index (χ4n) is 2.81. The zero-order valence-corrected chi connectivity index (χ0v) is 13.3. The minimum atomic E-state index is 0.667. The standard InChI is InChI=1S/C16H22N4S/c1-20(14-5-4-8-17-10-7-14)11-13-12-21-16(19-13)15-6-2-3-9-18-15/h2-3,6,9,12,14,17H,4-5,7-8,10-11H2,1H3. The Morgan fingerprint density at radius 3 is 3.14 bits per heavy atom. The minimum Gasteiger partial charge on any atom is -0.317 e. The van der Waals surface area contributed by atoms with Crippen LogP contribution in [0.2, 0.25) is 0 Å². The van der Waals surface area contributed by atoms with Crippen molar-refractivity contribution in [3.05, 3.63) is 35.5 Å². The fraction of sp³-hybridized carbons (Fsp3) is 0.500. The average molecular weight is 302 g/mol. The molecule has 0 radical (unpaired) electrons. The molecule has 1 fully saturated rings. The molecule has 0 amide bonds. The van der Waals surface area contributed by atoms with Gasteiger partial charge in [0.15, 0.2) is 0 Å². The number of rotatable bonds is 4. The van der Waals surface area contributed by atoms with Crippen LogP contribution in [0.1, 0.15) is 25.0 Å². The number of nitrogens with zero attached hydrogens (tertiary/aromatic N) is 3. The van der Waals surface area contributed by atoms with Crippen LogP contribution in [0, 0.1) is 0 Å². The molecule has 1 saturated heterocycles. The summed E-state index contributed by atoms with van der Waals surface area (Å²) in [6, 6.07) is 6.63. The van der Waals surface area contributed by atoms with Gasteiger partial charge in [-0.1, -0.05) is 6.07 Å². The van der Waals surface area contributed by atoms with Gasteiger partial charge < -0.3 is 5.32 Å². The van der Waals surface area contributed by atoms with Crippen LogP contribution in [-0.4, -0.2) is 41.0 Å². The minimum absolute atomic E-state index is 0.667. The van der Waals surface area contributed by atoms with Gasteiger partial charge in [-0.15, -0.1) is 11.3 Å².